The number of aliphatic carboxylic acids is 1. The monoisotopic (exact) mass is 549 g/mol. The minimum absolute atomic E-state index is 0.00797. The minimum Gasteiger partial charge on any atom is -0.480 e. The van der Waals surface area contributed by atoms with Crippen LogP contribution in [0.15, 0.2) is 18.2 Å². The van der Waals surface area contributed by atoms with E-state index in [4.69, 9.17) is 19.9 Å². The van der Waals surface area contributed by atoms with Gasteiger partial charge < -0.3 is 25.1 Å². The Morgan fingerprint density at radius 2 is 1.38 bits per heavy atom. The second-order valence-corrected chi connectivity index (χ2v) is 12.7. The van der Waals surface area contributed by atoms with Gasteiger partial charge in [-0.05, 0) is 41.9 Å². The maximum atomic E-state index is 12.7. The molecule has 0 bridgehead atoms. The number of rotatable bonds is 13. The number of hydrogen-bond donors (Lipinski definition) is 2. The molecular formula is C30H47NO8. The zero-order chi connectivity index (χ0) is 30.1. The highest BCUT2D eigenvalue weighted by atomic mass is 16.6. The third-order valence-corrected chi connectivity index (χ3v) is 6.18. The summed E-state index contributed by atoms with van der Waals surface area (Å²) in [6, 6.07) is 3.21. The Balaban J connectivity index is 3.47. The number of carbonyl (C=O) groups excluding carboxylic acids is 3. The van der Waals surface area contributed by atoms with Crippen molar-refractivity contribution >= 4 is 23.9 Å². The fourth-order valence-electron chi connectivity index (χ4n) is 4.06. The third kappa shape index (κ3) is 12.2. The molecule has 0 saturated heterocycles. The van der Waals surface area contributed by atoms with Gasteiger partial charge >= 0.3 is 23.9 Å². The van der Waals surface area contributed by atoms with Crippen LogP contribution in [-0.2, 0) is 23.9 Å². The number of esters is 3. The third-order valence-electron chi connectivity index (χ3n) is 6.18. The van der Waals surface area contributed by atoms with Crippen LogP contribution in [0.2, 0.25) is 0 Å². The first-order valence-corrected chi connectivity index (χ1v) is 13.6. The van der Waals surface area contributed by atoms with E-state index in [9.17, 15) is 24.3 Å². The van der Waals surface area contributed by atoms with E-state index in [1.165, 1.54) is 12.1 Å². The van der Waals surface area contributed by atoms with Crippen LogP contribution in [0.25, 0.3) is 0 Å². The highest BCUT2D eigenvalue weighted by Crippen LogP contribution is 2.38. The Labute approximate surface area is 232 Å². The number of nitrogens with two attached hydrogens (primary N) is 1. The van der Waals surface area contributed by atoms with E-state index < -0.39 is 41.9 Å². The van der Waals surface area contributed by atoms with Crippen LogP contribution in [-0.4, -0.2) is 41.1 Å². The molecule has 0 aliphatic rings. The summed E-state index contributed by atoms with van der Waals surface area (Å²) < 4.78 is 16.8. The van der Waals surface area contributed by atoms with Gasteiger partial charge in [0.05, 0.1) is 12.8 Å². The fraction of sp³-hybridized carbons (Fsp3) is 0.667. The van der Waals surface area contributed by atoms with Crippen molar-refractivity contribution in [2.24, 2.45) is 22.5 Å². The molecule has 0 heterocycles. The maximum absolute atomic E-state index is 12.7. The number of hydrogen-bond acceptors (Lipinski definition) is 8. The molecule has 220 valence electrons. The van der Waals surface area contributed by atoms with Crippen molar-refractivity contribution in [1.29, 1.82) is 0 Å². The van der Waals surface area contributed by atoms with Crippen molar-refractivity contribution < 1.29 is 38.5 Å². The van der Waals surface area contributed by atoms with E-state index in [2.05, 4.69) is 0 Å². The lowest BCUT2D eigenvalue weighted by Crippen LogP contribution is -2.42. The van der Waals surface area contributed by atoms with Crippen LogP contribution in [0.1, 0.15) is 106 Å². The smallest absolute Gasteiger partial charge is 0.321 e. The average Bonchev–Trinajstić information content (AvgIpc) is 2.76. The molecule has 1 aromatic carbocycles. The van der Waals surface area contributed by atoms with Gasteiger partial charge in [0, 0.05) is 18.3 Å². The summed E-state index contributed by atoms with van der Waals surface area (Å²) in [4.78, 5) is 49.5. The van der Waals surface area contributed by atoms with E-state index in [1.807, 2.05) is 48.5 Å². The molecule has 0 amide bonds. The van der Waals surface area contributed by atoms with Gasteiger partial charge in [-0.2, -0.15) is 0 Å². The van der Waals surface area contributed by atoms with Crippen molar-refractivity contribution in [3.63, 3.8) is 0 Å². The topological polar surface area (TPSA) is 142 Å². The molecule has 1 rings (SSSR count). The normalized spacial score (nSPS) is 15.0. The lowest BCUT2D eigenvalue weighted by atomic mass is 9.79. The van der Waals surface area contributed by atoms with Crippen LogP contribution in [0, 0.1) is 16.7 Å². The Morgan fingerprint density at radius 3 is 1.85 bits per heavy atom. The van der Waals surface area contributed by atoms with E-state index in [0.717, 1.165) is 6.42 Å². The van der Waals surface area contributed by atoms with Crippen LogP contribution < -0.4 is 15.2 Å². The molecule has 0 saturated carbocycles. The van der Waals surface area contributed by atoms with E-state index in [0.29, 0.717) is 12.0 Å². The molecule has 9 nitrogen and oxygen atoms in total. The molecule has 3 unspecified atom stereocenters. The highest BCUT2D eigenvalue weighted by Gasteiger charge is 2.36. The Hall–Kier alpha value is -2.94. The summed E-state index contributed by atoms with van der Waals surface area (Å²) in [6.45, 7) is 16.8. The first kappa shape index (κ1) is 34.1. The number of benzene rings is 1. The summed E-state index contributed by atoms with van der Waals surface area (Å²) in [5, 5.41) is 9.78. The molecule has 0 radical (unpaired) electrons. The van der Waals surface area contributed by atoms with Gasteiger partial charge in [0.15, 0.2) is 11.5 Å². The number of carbonyl (C=O) groups is 4. The summed E-state index contributed by atoms with van der Waals surface area (Å²) in [7, 11) is 0. The fourth-order valence-corrected chi connectivity index (χ4v) is 4.06. The molecule has 4 atom stereocenters. The predicted molar refractivity (Wildman–Crippen MR) is 148 cm³/mol. The molecule has 0 aromatic heterocycles. The summed E-state index contributed by atoms with van der Waals surface area (Å²) in [6.07, 6.45) is 1.40. The van der Waals surface area contributed by atoms with E-state index >= 15 is 0 Å². The van der Waals surface area contributed by atoms with Crippen molar-refractivity contribution in [3.05, 3.63) is 23.8 Å². The Kier molecular flexibility index (Phi) is 12.6. The average molecular weight is 550 g/mol. The zero-order valence-corrected chi connectivity index (χ0v) is 25.0. The van der Waals surface area contributed by atoms with E-state index in [-0.39, 0.29) is 47.6 Å². The lowest BCUT2D eigenvalue weighted by molar-refractivity contribution is -0.151. The van der Waals surface area contributed by atoms with Crippen molar-refractivity contribution in [3.8, 4) is 11.5 Å². The second-order valence-electron chi connectivity index (χ2n) is 12.7. The molecule has 3 N–H and O–H groups in total. The van der Waals surface area contributed by atoms with Crippen LogP contribution >= 0.6 is 0 Å². The predicted octanol–water partition coefficient (Wildman–Crippen LogP) is 5.62. The van der Waals surface area contributed by atoms with Crippen molar-refractivity contribution in [2.45, 2.75) is 112 Å². The highest BCUT2D eigenvalue weighted by molar-refractivity contribution is 5.78. The van der Waals surface area contributed by atoms with Gasteiger partial charge in [0.25, 0.3) is 0 Å². The van der Waals surface area contributed by atoms with Gasteiger partial charge in [0.2, 0.25) is 0 Å². The van der Waals surface area contributed by atoms with E-state index in [1.54, 1.807) is 19.9 Å². The molecule has 1 aromatic rings. The summed E-state index contributed by atoms with van der Waals surface area (Å²) in [5.74, 6) is -3.90. The molecule has 0 fully saturated rings. The van der Waals surface area contributed by atoms with Crippen LogP contribution in [0.4, 0.5) is 0 Å². The SMILES string of the molecule is CCCCC(=O)OC(C)C(C)C(c1ccc(OC(=O)CC(C)(C)C)c(OC(=O)CC(C)(C)C)c1)[C@H](N)C(=O)O. The second kappa shape index (κ2) is 14.4. The number of unbranched alkanes of at least 4 members (excludes halogenated alkanes) is 1. The van der Waals surface area contributed by atoms with Crippen LogP contribution in [0.3, 0.4) is 0 Å². The Bertz CT molecular complexity index is 1010. The Morgan fingerprint density at radius 1 is 0.872 bits per heavy atom. The molecule has 0 aliphatic heterocycles. The molecule has 9 heteroatoms. The summed E-state index contributed by atoms with van der Waals surface area (Å²) in [5.41, 5.74) is 5.91. The van der Waals surface area contributed by atoms with Gasteiger partial charge in [-0.15, -0.1) is 0 Å². The minimum atomic E-state index is -1.34. The molecule has 0 aliphatic carbocycles. The number of carboxylic acid groups (broad SMARTS) is 1. The van der Waals surface area contributed by atoms with Crippen molar-refractivity contribution in [2.75, 3.05) is 0 Å². The first-order chi connectivity index (χ1) is 17.8. The van der Waals surface area contributed by atoms with Crippen molar-refractivity contribution in [1.82, 2.24) is 0 Å². The molecular weight excluding hydrogens is 502 g/mol. The summed E-state index contributed by atoms with van der Waals surface area (Å²) >= 11 is 0. The van der Waals surface area contributed by atoms with Gasteiger partial charge in [-0.3, -0.25) is 19.2 Å². The number of ether oxygens (including phenoxy) is 3. The number of carboxylic acids is 1. The molecule has 39 heavy (non-hydrogen) atoms. The van der Waals surface area contributed by atoms with Crippen LogP contribution in [0.5, 0.6) is 11.5 Å². The van der Waals surface area contributed by atoms with Gasteiger partial charge in [-0.25, -0.2) is 0 Å². The largest absolute Gasteiger partial charge is 0.480 e. The standard InChI is InChI=1S/C30H47NO8/c1-10-11-12-23(32)37-19(3)18(2)26(27(31)28(35)36)20-13-14-21(38-24(33)16-29(4,5)6)22(15-20)39-25(34)17-30(7,8)9/h13-15,18-19,26-27H,10-12,16-17,31H2,1-9H3,(H,35,36)/t18?,19?,26?,27-/m0/s1. The van der Waals surface area contributed by atoms with Gasteiger partial charge in [0.1, 0.15) is 12.1 Å². The zero-order valence-electron chi connectivity index (χ0n) is 25.0. The molecule has 0 spiro atoms. The quantitative estimate of drug-likeness (QED) is 0.237. The van der Waals surface area contributed by atoms with Gasteiger partial charge in [-0.1, -0.05) is 67.9 Å². The first-order valence-electron chi connectivity index (χ1n) is 13.6. The lowest BCUT2D eigenvalue weighted by Gasteiger charge is -2.32. The maximum Gasteiger partial charge on any atom is 0.321 e.